The van der Waals surface area contributed by atoms with Crippen LogP contribution in [-0.2, 0) is 18.3 Å². The second kappa shape index (κ2) is 4.69. The fourth-order valence-corrected chi connectivity index (χ4v) is 1.32. The van der Waals surface area contributed by atoms with Crippen LogP contribution in [0.3, 0.4) is 0 Å². The number of allylic oxidation sites excluding steroid dienone is 2. The molecule has 76 valence electrons. The molecule has 1 aromatic heterocycles. The molecule has 1 rings (SSSR count). The summed E-state index contributed by atoms with van der Waals surface area (Å²) in [5.41, 5.74) is 1.58. The number of Topliss-reactive ketones (excluding diaryl/α,β-unsaturated/α-hetero) is 1. The van der Waals surface area contributed by atoms with Crippen LogP contribution in [0.5, 0.6) is 0 Å². The Kier molecular flexibility index (Phi) is 3.56. The van der Waals surface area contributed by atoms with E-state index in [1.165, 1.54) is 0 Å². The highest BCUT2D eigenvalue weighted by molar-refractivity contribution is 5.96. The lowest BCUT2D eigenvalue weighted by molar-refractivity contribution is -0.115. The van der Waals surface area contributed by atoms with Crippen molar-refractivity contribution < 1.29 is 4.79 Å². The van der Waals surface area contributed by atoms with Crippen molar-refractivity contribution >= 4 is 5.78 Å². The Bertz CT molecular complexity index is 352. The molecular formula is C10H15N3O. The summed E-state index contributed by atoms with van der Waals surface area (Å²) in [6.07, 6.45) is 4.75. The van der Waals surface area contributed by atoms with Gasteiger partial charge in [0.2, 0.25) is 0 Å². The van der Waals surface area contributed by atoms with E-state index >= 15 is 0 Å². The quantitative estimate of drug-likeness (QED) is 0.677. The molecule has 4 heteroatoms. The highest BCUT2D eigenvalue weighted by Gasteiger charge is 2.09. The minimum atomic E-state index is 0.135. The minimum Gasteiger partial charge on any atom is -0.294 e. The number of hydrogen-bond donors (Lipinski definition) is 0. The Labute approximate surface area is 83.6 Å². The third-order valence-corrected chi connectivity index (χ3v) is 2.08. The number of aromatic nitrogens is 3. The molecule has 0 saturated heterocycles. The Balaban J connectivity index is 2.66. The van der Waals surface area contributed by atoms with Crippen LogP contribution >= 0.6 is 0 Å². The van der Waals surface area contributed by atoms with E-state index in [1.54, 1.807) is 17.9 Å². The molecule has 0 aliphatic rings. The fraction of sp³-hybridized carbons (Fsp3) is 0.500. The van der Waals surface area contributed by atoms with Crippen molar-refractivity contribution in [3.8, 4) is 0 Å². The predicted molar refractivity (Wildman–Crippen MR) is 53.8 cm³/mol. The van der Waals surface area contributed by atoms with E-state index in [9.17, 15) is 4.79 Å². The first kappa shape index (κ1) is 10.6. The summed E-state index contributed by atoms with van der Waals surface area (Å²) in [5.74, 6) is 0.135. The smallest absolute Gasteiger partial charge is 0.164 e. The zero-order chi connectivity index (χ0) is 10.6. The largest absolute Gasteiger partial charge is 0.294 e. The second-order valence-electron chi connectivity index (χ2n) is 3.15. The Morgan fingerprint density at radius 2 is 2.36 bits per heavy atom. The maximum absolute atomic E-state index is 11.6. The topological polar surface area (TPSA) is 47.8 Å². The first-order chi connectivity index (χ1) is 6.67. The molecule has 0 fully saturated rings. The van der Waals surface area contributed by atoms with Gasteiger partial charge in [-0.15, -0.1) is 5.10 Å². The first-order valence-corrected chi connectivity index (χ1v) is 4.71. The molecule has 0 aliphatic heterocycles. The van der Waals surface area contributed by atoms with Gasteiger partial charge in [-0.1, -0.05) is 18.2 Å². The van der Waals surface area contributed by atoms with Gasteiger partial charge in [-0.3, -0.25) is 9.48 Å². The lowest BCUT2D eigenvalue weighted by Gasteiger charge is -1.99. The van der Waals surface area contributed by atoms with E-state index in [0.29, 0.717) is 6.42 Å². The van der Waals surface area contributed by atoms with Crippen molar-refractivity contribution in [2.45, 2.75) is 26.7 Å². The van der Waals surface area contributed by atoms with Crippen LogP contribution < -0.4 is 0 Å². The maximum atomic E-state index is 11.6. The molecule has 0 aliphatic carbocycles. The summed E-state index contributed by atoms with van der Waals surface area (Å²) >= 11 is 0. The molecule has 14 heavy (non-hydrogen) atoms. The number of carbonyl (C=O) groups excluding carboxylic acids is 1. The van der Waals surface area contributed by atoms with Gasteiger partial charge in [0.15, 0.2) is 5.78 Å². The number of aryl methyl sites for hydroxylation is 1. The normalized spacial score (nSPS) is 11.8. The van der Waals surface area contributed by atoms with Gasteiger partial charge in [0.25, 0.3) is 0 Å². The standard InChI is InChI=1S/C10H15N3O/c1-4-8(5-2)10(14)6-9-7-13(3)12-11-9/h4,7H,5-6H2,1-3H3. The number of carbonyl (C=O) groups is 1. The number of hydrogen-bond acceptors (Lipinski definition) is 3. The monoisotopic (exact) mass is 193 g/mol. The first-order valence-electron chi connectivity index (χ1n) is 4.71. The minimum absolute atomic E-state index is 0.135. The molecule has 1 heterocycles. The third-order valence-electron chi connectivity index (χ3n) is 2.08. The number of rotatable bonds is 4. The van der Waals surface area contributed by atoms with Crippen LogP contribution in [0, 0.1) is 0 Å². The van der Waals surface area contributed by atoms with E-state index in [0.717, 1.165) is 17.7 Å². The van der Waals surface area contributed by atoms with Crippen molar-refractivity contribution in [2.24, 2.45) is 7.05 Å². The average Bonchev–Trinajstić information content (AvgIpc) is 2.53. The summed E-state index contributed by atoms with van der Waals surface area (Å²) in [6, 6.07) is 0. The van der Waals surface area contributed by atoms with Gasteiger partial charge in [-0.25, -0.2) is 0 Å². The molecule has 0 unspecified atom stereocenters. The van der Waals surface area contributed by atoms with Crippen LogP contribution in [-0.4, -0.2) is 20.8 Å². The summed E-state index contributed by atoms with van der Waals surface area (Å²) < 4.78 is 1.60. The zero-order valence-corrected chi connectivity index (χ0v) is 8.82. The maximum Gasteiger partial charge on any atom is 0.164 e. The summed E-state index contributed by atoms with van der Waals surface area (Å²) in [6.45, 7) is 3.86. The molecule has 0 saturated carbocycles. The summed E-state index contributed by atoms with van der Waals surface area (Å²) in [4.78, 5) is 11.6. The lowest BCUT2D eigenvalue weighted by atomic mass is 10.1. The molecule has 0 radical (unpaired) electrons. The summed E-state index contributed by atoms with van der Waals surface area (Å²) in [7, 11) is 1.79. The summed E-state index contributed by atoms with van der Waals surface area (Å²) in [5, 5.41) is 7.65. The van der Waals surface area contributed by atoms with Gasteiger partial charge in [0.05, 0.1) is 12.1 Å². The van der Waals surface area contributed by atoms with E-state index < -0.39 is 0 Å². The van der Waals surface area contributed by atoms with E-state index in [-0.39, 0.29) is 5.78 Å². The molecular weight excluding hydrogens is 178 g/mol. The van der Waals surface area contributed by atoms with Crippen molar-refractivity contribution in [3.05, 3.63) is 23.5 Å². The Hall–Kier alpha value is -1.45. The van der Waals surface area contributed by atoms with E-state index in [1.807, 2.05) is 19.9 Å². The average molecular weight is 193 g/mol. The molecule has 1 aromatic rings. The molecule has 0 spiro atoms. The van der Waals surface area contributed by atoms with Crippen LogP contribution in [0.2, 0.25) is 0 Å². The van der Waals surface area contributed by atoms with Crippen molar-refractivity contribution in [1.82, 2.24) is 15.0 Å². The number of nitrogens with zero attached hydrogens (tertiary/aromatic N) is 3. The molecule has 0 aromatic carbocycles. The second-order valence-corrected chi connectivity index (χ2v) is 3.15. The van der Waals surface area contributed by atoms with Crippen LogP contribution in [0.15, 0.2) is 17.8 Å². The number of ketones is 1. The van der Waals surface area contributed by atoms with Crippen molar-refractivity contribution in [3.63, 3.8) is 0 Å². The predicted octanol–water partition coefficient (Wildman–Crippen LogP) is 1.28. The van der Waals surface area contributed by atoms with Gasteiger partial charge in [0.1, 0.15) is 0 Å². The Morgan fingerprint density at radius 1 is 1.64 bits per heavy atom. The Morgan fingerprint density at radius 3 is 2.79 bits per heavy atom. The molecule has 4 nitrogen and oxygen atoms in total. The van der Waals surface area contributed by atoms with Crippen molar-refractivity contribution in [2.75, 3.05) is 0 Å². The van der Waals surface area contributed by atoms with Gasteiger partial charge >= 0.3 is 0 Å². The van der Waals surface area contributed by atoms with Gasteiger partial charge in [0, 0.05) is 13.2 Å². The van der Waals surface area contributed by atoms with Crippen LogP contribution in [0.25, 0.3) is 0 Å². The molecule has 0 bridgehead atoms. The van der Waals surface area contributed by atoms with Crippen molar-refractivity contribution in [1.29, 1.82) is 0 Å². The highest BCUT2D eigenvalue weighted by Crippen LogP contribution is 2.06. The molecule has 0 N–H and O–H groups in total. The van der Waals surface area contributed by atoms with Gasteiger partial charge in [-0.05, 0) is 18.9 Å². The molecule has 0 atom stereocenters. The zero-order valence-electron chi connectivity index (χ0n) is 8.82. The fourth-order valence-electron chi connectivity index (χ4n) is 1.32. The van der Waals surface area contributed by atoms with Crippen LogP contribution in [0.4, 0.5) is 0 Å². The molecule has 0 amide bonds. The lowest BCUT2D eigenvalue weighted by Crippen LogP contribution is -2.06. The van der Waals surface area contributed by atoms with E-state index in [2.05, 4.69) is 10.3 Å². The third kappa shape index (κ3) is 2.52. The van der Waals surface area contributed by atoms with Crippen LogP contribution in [0.1, 0.15) is 26.0 Å². The SMILES string of the molecule is CC=C(CC)C(=O)Cc1cn(C)nn1. The van der Waals surface area contributed by atoms with Gasteiger partial charge < -0.3 is 0 Å². The highest BCUT2D eigenvalue weighted by atomic mass is 16.1. The van der Waals surface area contributed by atoms with Gasteiger partial charge in [-0.2, -0.15) is 0 Å². The van der Waals surface area contributed by atoms with E-state index in [4.69, 9.17) is 0 Å².